The first kappa shape index (κ1) is 23.1. The number of nitrogens with zero attached hydrogens (tertiary/aromatic N) is 3. The quantitative estimate of drug-likeness (QED) is 0.355. The summed E-state index contributed by atoms with van der Waals surface area (Å²) in [5, 5.41) is 13.0. The number of hydrogen-bond acceptors (Lipinski definition) is 4. The minimum absolute atomic E-state index is 0. The van der Waals surface area contributed by atoms with Crippen LogP contribution in [0, 0.1) is 0 Å². The molecule has 0 saturated carbocycles. The Hall–Kier alpha value is -2.16. The van der Waals surface area contributed by atoms with E-state index in [0.29, 0.717) is 12.3 Å². The molecule has 158 valence electrons. The number of halogens is 1. The number of rotatable bonds is 6. The lowest BCUT2D eigenvalue weighted by Crippen LogP contribution is -2.52. The van der Waals surface area contributed by atoms with Crippen LogP contribution in [0.25, 0.3) is 0 Å². The largest absolute Gasteiger partial charge is 0.508 e. The number of aromatic hydroxyl groups is 1. The van der Waals surface area contributed by atoms with Gasteiger partial charge in [-0.2, -0.15) is 0 Å². The molecular weight excluding hydrogens is 479 g/mol. The van der Waals surface area contributed by atoms with Gasteiger partial charge in [-0.15, -0.1) is 24.0 Å². The summed E-state index contributed by atoms with van der Waals surface area (Å²) in [7, 11) is 1.69. The Labute approximate surface area is 190 Å². The Morgan fingerprint density at radius 1 is 1.10 bits per heavy atom. The molecule has 0 radical (unpaired) electrons. The molecule has 1 aliphatic rings. The molecule has 0 amide bonds. The highest BCUT2D eigenvalue weighted by molar-refractivity contribution is 14.0. The van der Waals surface area contributed by atoms with Crippen molar-refractivity contribution in [3.05, 3.63) is 54.1 Å². The molecule has 2 aromatic rings. The Bertz CT molecular complexity index is 775. The van der Waals surface area contributed by atoms with E-state index >= 15 is 0 Å². The van der Waals surface area contributed by atoms with Crippen molar-refractivity contribution in [2.24, 2.45) is 4.99 Å². The molecule has 2 aromatic carbocycles. The zero-order valence-corrected chi connectivity index (χ0v) is 19.5. The lowest BCUT2D eigenvalue weighted by Gasteiger charge is -2.37. The van der Waals surface area contributed by atoms with E-state index in [2.05, 4.69) is 34.2 Å². The normalized spacial score (nSPS) is 14.3. The predicted molar refractivity (Wildman–Crippen MR) is 130 cm³/mol. The molecule has 0 aliphatic carbocycles. The van der Waals surface area contributed by atoms with Crippen LogP contribution in [-0.2, 0) is 6.42 Å². The van der Waals surface area contributed by atoms with E-state index in [1.54, 1.807) is 19.2 Å². The minimum Gasteiger partial charge on any atom is -0.508 e. The third-order valence-electron chi connectivity index (χ3n) is 4.92. The second-order valence-electron chi connectivity index (χ2n) is 6.83. The molecule has 1 fully saturated rings. The number of anilines is 1. The summed E-state index contributed by atoms with van der Waals surface area (Å²) < 4.78 is 5.24. The molecule has 6 nitrogen and oxygen atoms in total. The van der Waals surface area contributed by atoms with Crippen molar-refractivity contribution in [2.45, 2.75) is 13.3 Å². The highest BCUT2D eigenvalue weighted by Crippen LogP contribution is 2.20. The Morgan fingerprint density at radius 3 is 2.45 bits per heavy atom. The summed E-state index contributed by atoms with van der Waals surface area (Å²) in [6.07, 6.45) is 0.815. The van der Waals surface area contributed by atoms with Crippen LogP contribution in [-0.4, -0.2) is 62.3 Å². The van der Waals surface area contributed by atoms with Gasteiger partial charge in [0.15, 0.2) is 5.96 Å². The van der Waals surface area contributed by atoms with Gasteiger partial charge in [0.2, 0.25) is 0 Å². The van der Waals surface area contributed by atoms with E-state index in [1.165, 1.54) is 5.69 Å². The van der Waals surface area contributed by atoms with E-state index in [9.17, 15) is 5.11 Å². The fourth-order valence-corrected chi connectivity index (χ4v) is 3.40. The van der Waals surface area contributed by atoms with Crippen LogP contribution in [0.5, 0.6) is 11.5 Å². The molecule has 7 heteroatoms. The van der Waals surface area contributed by atoms with Crippen molar-refractivity contribution in [3.8, 4) is 11.5 Å². The maximum atomic E-state index is 9.59. The highest BCUT2D eigenvalue weighted by Gasteiger charge is 2.19. The molecule has 0 spiro atoms. The number of methoxy groups -OCH3 is 1. The van der Waals surface area contributed by atoms with E-state index < -0.39 is 0 Å². The van der Waals surface area contributed by atoms with Crippen molar-refractivity contribution in [2.75, 3.05) is 51.3 Å². The second kappa shape index (κ2) is 11.7. The number of phenols is 1. The predicted octanol–water partition coefficient (Wildman–Crippen LogP) is 3.35. The van der Waals surface area contributed by atoms with Crippen LogP contribution in [0.2, 0.25) is 0 Å². The van der Waals surface area contributed by atoms with Crippen molar-refractivity contribution in [1.82, 2.24) is 10.2 Å². The van der Waals surface area contributed by atoms with Crippen molar-refractivity contribution in [1.29, 1.82) is 0 Å². The van der Waals surface area contributed by atoms with Crippen LogP contribution < -0.4 is 15.0 Å². The number of piperazine rings is 1. The number of phenolic OH excluding ortho intramolecular Hbond substituents is 1. The van der Waals surface area contributed by atoms with Crippen LogP contribution in [0.1, 0.15) is 12.5 Å². The highest BCUT2D eigenvalue weighted by atomic mass is 127. The smallest absolute Gasteiger partial charge is 0.194 e. The molecule has 1 saturated heterocycles. The van der Waals surface area contributed by atoms with Gasteiger partial charge < -0.3 is 25.0 Å². The molecule has 0 aromatic heterocycles. The van der Waals surface area contributed by atoms with Gasteiger partial charge in [0.25, 0.3) is 0 Å². The average Bonchev–Trinajstić information content (AvgIpc) is 2.73. The summed E-state index contributed by atoms with van der Waals surface area (Å²) >= 11 is 0. The van der Waals surface area contributed by atoms with E-state index in [1.807, 2.05) is 24.3 Å². The topological polar surface area (TPSA) is 60.3 Å². The molecule has 1 heterocycles. The van der Waals surface area contributed by atoms with Gasteiger partial charge in [-0.05, 0) is 55.3 Å². The summed E-state index contributed by atoms with van der Waals surface area (Å²) in [5.41, 5.74) is 2.33. The average molecular weight is 510 g/mol. The van der Waals surface area contributed by atoms with E-state index in [4.69, 9.17) is 9.73 Å². The second-order valence-corrected chi connectivity index (χ2v) is 6.83. The molecular formula is C22H31IN4O2. The van der Waals surface area contributed by atoms with Crippen LogP contribution in [0.15, 0.2) is 53.5 Å². The van der Waals surface area contributed by atoms with Gasteiger partial charge >= 0.3 is 0 Å². The number of ether oxygens (including phenoxy) is 1. The maximum absolute atomic E-state index is 9.59. The zero-order valence-electron chi connectivity index (χ0n) is 17.2. The number of guanidine groups is 1. The van der Waals surface area contributed by atoms with Gasteiger partial charge in [0, 0.05) is 45.0 Å². The SMILES string of the molecule is CCNC(=NCCc1cccc(O)c1)N1CCN(c2ccc(OC)cc2)CC1.I. The maximum Gasteiger partial charge on any atom is 0.194 e. The third-order valence-corrected chi connectivity index (χ3v) is 4.92. The first-order valence-corrected chi connectivity index (χ1v) is 9.89. The minimum atomic E-state index is 0. The molecule has 0 atom stereocenters. The first-order chi connectivity index (χ1) is 13.7. The van der Waals surface area contributed by atoms with Gasteiger partial charge in [-0.1, -0.05) is 12.1 Å². The summed E-state index contributed by atoms with van der Waals surface area (Å²) in [6, 6.07) is 15.6. The lowest BCUT2D eigenvalue weighted by molar-refractivity contribution is 0.372. The summed E-state index contributed by atoms with van der Waals surface area (Å²) in [4.78, 5) is 9.52. The Morgan fingerprint density at radius 2 is 1.83 bits per heavy atom. The molecule has 29 heavy (non-hydrogen) atoms. The number of benzene rings is 2. The molecule has 3 rings (SSSR count). The number of aliphatic imine (C=N–C) groups is 1. The van der Waals surface area contributed by atoms with Crippen molar-refractivity contribution in [3.63, 3.8) is 0 Å². The number of hydrogen-bond donors (Lipinski definition) is 2. The zero-order chi connectivity index (χ0) is 19.8. The Kier molecular flexibility index (Phi) is 9.37. The standard InChI is InChI=1S/C22H30N4O2.HI/c1-3-23-22(24-12-11-18-5-4-6-20(27)17-18)26-15-13-25(14-16-26)19-7-9-21(28-2)10-8-19;/h4-10,17,27H,3,11-16H2,1-2H3,(H,23,24);1H. The van der Waals surface area contributed by atoms with Gasteiger partial charge in [-0.3, -0.25) is 4.99 Å². The van der Waals surface area contributed by atoms with Gasteiger partial charge in [-0.25, -0.2) is 0 Å². The van der Waals surface area contributed by atoms with Crippen molar-refractivity contribution < 1.29 is 9.84 Å². The number of nitrogens with one attached hydrogen (secondary N) is 1. The van der Waals surface area contributed by atoms with Crippen LogP contribution in [0.3, 0.4) is 0 Å². The fraction of sp³-hybridized carbons (Fsp3) is 0.409. The molecule has 0 bridgehead atoms. The molecule has 1 aliphatic heterocycles. The summed E-state index contributed by atoms with van der Waals surface area (Å²) in [5.74, 6) is 2.16. The monoisotopic (exact) mass is 510 g/mol. The van der Waals surface area contributed by atoms with Crippen molar-refractivity contribution >= 4 is 35.6 Å². The fourth-order valence-electron chi connectivity index (χ4n) is 3.40. The first-order valence-electron chi connectivity index (χ1n) is 9.89. The molecule has 0 unspecified atom stereocenters. The summed E-state index contributed by atoms with van der Waals surface area (Å²) in [6.45, 7) is 7.44. The van der Waals surface area contributed by atoms with Crippen LogP contribution in [0.4, 0.5) is 5.69 Å². The van der Waals surface area contributed by atoms with Gasteiger partial charge in [0.05, 0.1) is 7.11 Å². The lowest BCUT2D eigenvalue weighted by atomic mass is 10.1. The Balaban J connectivity index is 0.00000300. The van der Waals surface area contributed by atoms with E-state index in [0.717, 1.165) is 56.4 Å². The third kappa shape index (κ3) is 6.69. The van der Waals surface area contributed by atoms with Gasteiger partial charge in [0.1, 0.15) is 11.5 Å². The van der Waals surface area contributed by atoms with Crippen LogP contribution >= 0.6 is 24.0 Å². The molecule has 2 N–H and O–H groups in total. The van der Waals surface area contributed by atoms with E-state index in [-0.39, 0.29) is 24.0 Å².